The Kier molecular flexibility index (Phi) is 5.56. The van der Waals surface area contributed by atoms with Gasteiger partial charge in [0.05, 0.1) is 7.11 Å². The SMILES string of the molecule is CCC(Cl)CNCc1ccc(OC)c(F)c1. The van der Waals surface area contributed by atoms with Crippen LogP contribution < -0.4 is 10.1 Å². The molecule has 0 aliphatic heterocycles. The van der Waals surface area contributed by atoms with E-state index in [-0.39, 0.29) is 16.9 Å². The molecule has 0 spiro atoms. The first-order chi connectivity index (χ1) is 7.67. The quantitative estimate of drug-likeness (QED) is 0.778. The number of halogens is 2. The third-order valence-electron chi connectivity index (χ3n) is 2.35. The van der Waals surface area contributed by atoms with E-state index >= 15 is 0 Å². The van der Waals surface area contributed by atoms with Gasteiger partial charge in [-0.25, -0.2) is 4.39 Å². The molecule has 4 heteroatoms. The highest BCUT2D eigenvalue weighted by Gasteiger charge is 2.04. The van der Waals surface area contributed by atoms with Gasteiger partial charge in [0.2, 0.25) is 0 Å². The van der Waals surface area contributed by atoms with Gasteiger partial charge >= 0.3 is 0 Å². The van der Waals surface area contributed by atoms with Crippen molar-refractivity contribution >= 4 is 11.6 Å². The number of hydrogen-bond donors (Lipinski definition) is 1. The smallest absolute Gasteiger partial charge is 0.165 e. The van der Waals surface area contributed by atoms with E-state index in [1.54, 1.807) is 6.07 Å². The molecule has 1 N–H and O–H groups in total. The van der Waals surface area contributed by atoms with Crippen LogP contribution >= 0.6 is 11.6 Å². The second-order valence-corrected chi connectivity index (χ2v) is 4.22. The van der Waals surface area contributed by atoms with E-state index in [0.29, 0.717) is 6.54 Å². The maximum absolute atomic E-state index is 13.3. The lowest BCUT2D eigenvalue weighted by Gasteiger charge is -2.09. The summed E-state index contributed by atoms with van der Waals surface area (Å²) >= 11 is 5.95. The van der Waals surface area contributed by atoms with Crippen LogP contribution in [0.5, 0.6) is 5.75 Å². The van der Waals surface area contributed by atoms with Crippen molar-refractivity contribution in [1.29, 1.82) is 0 Å². The summed E-state index contributed by atoms with van der Waals surface area (Å²) in [6.07, 6.45) is 0.922. The van der Waals surface area contributed by atoms with Crippen LogP contribution in [-0.2, 0) is 6.54 Å². The molecule has 0 amide bonds. The zero-order valence-corrected chi connectivity index (χ0v) is 10.4. The summed E-state index contributed by atoms with van der Waals surface area (Å²) in [5.41, 5.74) is 0.887. The van der Waals surface area contributed by atoms with Gasteiger partial charge in [-0.05, 0) is 24.1 Å². The summed E-state index contributed by atoms with van der Waals surface area (Å²) in [6, 6.07) is 4.94. The second-order valence-electron chi connectivity index (χ2n) is 3.61. The summed E-state index contributed by atoms with van der Waals surface area (Å²) in [6.45, 7) is 3.38. The Hall–Kier alpha value is -0.800. The molecule has 16 heavy (non-hydrogen) atoms. The van der Waals surface area contributed by atoms with Crippen molar-refractivity contribution in [3.8, 4) is 5.75 Å². The summed E-state index contributed by atoms with van der Waals surface area (Å²) in [5.74, 6) is -0.0627. The summed E-state index contributed by atoms with van der Waals surface area (Å²) in [5, 5.41) is 3.31. The van der Waals surface area contributed by atoms with Gasteiger partial charge in [0.1, 0.15) is 0 Å². The third-order valence-corrected chi connectivity index (χ3v) is 2.82. The van der Waals surface area contributed by atoms with Gasteiger partial charge in [-0.15, -0.1) is 11.6 Å². The molecule has 0 heterocycles. The Labute approximate surface area is 101 Å². The summed E-state index contributed by atoms with van der Waals surface area (Å²) in [7, 11) is 1.45. The Morgan fingerprint density at radius 2 is 2.25 bits per heavy atom. The molecule has 0 aliphatic carbocycles. The average Bonchev–Trinajstić information content (AvgIpc) is 2.29. The molecule has 1 aromatic rings. The van der Waals surface area contributed by atoms with Crippen molar-refractivity contribution < 1.29 is 9.13 Å². The fourth-order valence-electron chi connectivity index (χ4n) is 1.34. The highest BCUT2D eigenvalue weighted by Crippen LogP contribution is 2.17. The van der Waals surface area contributed by atoms with Crippen molar-refractivity contribution in [3.63, 3.8) is 0 Å². The molecule has 1 aromatic carbocycles. The molecular weight excluding hydrogens is 229 g/mol. The molecule has 0 saturated heterocycles. The fraction of sp³-hybridized carbons (Fsp3) is 0.500. The fourth-order valence-corrected chi connectivity index (χ4v) is 1.45. The molecule has 2 nitrogen and oxygen atoms in total. The molecular formula is C12H17ClFNO. The zero-order chi connectivity index (χ0) is 12.0. The van der Waals surface area contributed by atoms with Crippen molar-refractivity contribution in [2.75, 3.05) is 13.7 Å². The van der Waals surface area contributed by atoms with Gasteiger partial charge in [-0.1, -0.05) is 13.0 Å². The van der Waals surface area contributed by atoms with E-state index in [2.05, 4.69) is 5.32 Å². The Morgan fingerprint density at radius 3 is 2.81 bits per heavy atom. The van der Waals surface area contributed by atoms with Gasteiger partial charge in [0, 0.05) is 18.5 Å². The largest absolute Gasteiger partial charge is 0.494 e. The van der Waals surface area contributed by atoms with Crippen LogP contribution in [0.4, 0.5) is 4.39 Å². The number of alkyl halides is 1. The van der Waals surface area contributed by atoms with Crippen molar-refractivity contribution in [1.82, 2.24) is 5.32 Å². The second kappa shape index (κ2) is 6.71. The van der Waals surface area contributed by atoms with Gasteiger partial charge in [0.15, 0.2) is 11.6 Å². The van der Waals surface area contributed by atoms with Crippen LogP contribution in [0.1, 0.15) is 18.9 Å². The van der Waals surface area contributed by atoms with Gasteiger partial charge in [-0.3, -0.25) is 0 Å². The lowest BCUT2D eigenvalue weighted by molar-refractivity contribution is 0.386. The van der Waals surface area contributed by atoms with Crippen LogP contribution in [-0.4, -0.2) is 19.0 Å². The molecule has 0 radical (unpaired) electrons. The first-order valence-electron chi connectivity index (χ1n) is 5.34. The number of methoxy groups -OCH3 is 1. The van der Waals surface area contributed by atoms with Crippen molar-refractivity contribution in [2.24, 2.45) is 0 Å². The van der Waals surface area contributed by atoms with Crippen LogP contribution in [0.2, 0.25) is 0 Å². The van der Waals surface area contributed by atoms with E-state index in [1.807, 2.05) is 13.0 Å². The van der Waals surface area contributed by atoms with Gasteiger partial charge in [0.25, 0.3) is 0 Å². The van der Waals surface area contributed by atoms with Crippen LogP contribution in [0.3, 0.4) is 0 Å². The maximum Gasteiger partial charge on any atom is 0.165 e. The first kappa shape index (κ1) is 13.3. The number of nitrogens with one attached hydrogen (secondary N) is 1. The summed E-state index contributed by atoms with van der Waals surface area (Å²) in [4.78, 5) is 0. The number of ether oxygens (including phenoxy) is 1. The normalized spacial score (nSPS) is 12.5. The van der Waals surface area contributed by atoms with Crippen molar-refractivity contribution in [2.45, 2.75) is 25.3 Å². The molecule has 0 fully saturated rings. The first-order valence-corrected chi connectivity index (χ1v) is 5.78. The average molecular weight is 246 g/mol. The highest BCUT2D eigenvalue weighted by atomic mass is 35.5. The minimum atomic E-state index is -0.334. The highest BCUT2D eigenvalue weighted by molar-refractivity contribution is 6.20. The Morgan fingerprint density at radius 1 is 1.50 bits per heavy atom. The topological polar surface area (TPSA) is 21.3 Å². The molecule has 1 atom stereocenters. The van der Waals surface area contributed by atoms with E-state index in [0.717, 1.165) is 18.5 Å². The van der Waals surface area contributed by atoms with Crippen LogP contribution in [0.15, 0.2) is 18.2 Å². The molecule has 0 bridgehead atoms. The number of rotatable bonds is 6. The maximum atomic E-state index is 13.3. The third kappa shape index (κ3) is 3.99. The molecule has 0 aliphatic rings. The lowest BCUT2D eigenvalue weighted by atomic mass is 10.2. The predicted octanol–water partition coefficient (Wildman–Crippen LogP) is 2.94. The van der Waals surface area contributed by atoms with Crippen LogP contribution in [0.25, 0.3) is 0 Å². The van der Waals surface area contributed by atoms with Crippen molar-refractivity contribution in [3.05, 3.63) is 29.6 Å². The Bertz CT molecular complexity index is 333. The standard InChI is InChI=1S/C12H17ClFNO/c1-3-10(13)8-15-7-9-4-5-12(16-2)11(14)6-9/h4-6,10,15H,3,7-8H2,1-2H3. The lowest BCUT2D eigenvalue weighted by Crippen LogP contribution is -2.22. The minimum Gasteiger partial charge on any atom is -0.494 e. The van der Waals surface area contributed by atoms with Crippen LogP contribution in [0, 0.1) is 5.82 Å². The minimum absolute atomic E-state index is 0.128. The molecule has 1 unspecified atom stereocenters. The zero-order valence-electron chi connectivity index (χ0n) is 9.59. The number of benzene rings is 1. The molecule has 1 rings (SSSR count). The Balaban J connectivity index is 2.46. The number of hydrogen-bond acceptors (Lipinski definition) is 2. The van der Waals surface area contributed by atoms with Gasteiger partial charge in [-0.2, -0.15) is 0 Å². The molecule has 90 valence electrons. The summed E-state index contributed by atoms with van der Waals surface area (Å²) < 4.78 is 18.2. The van der Waals surface area contributed by atoms with E-state index in [1.165, 1.54) is 13.2 Å². The predicted molar refractivity (Wildman–Crippen MR) is 64.6 cm³/mol. The van der Waals surface area contributed by atoms with E-state index < -0.39 is 0 Å². The van der Waals surface area contributed by atoms with Gasteiger partial charge < -0.3 is 10.1 Å². The van der Waals surface area contributed by atoms with E-state index in [4.69, 9.17) is 16.3 Å². The van der Waals surface area contributed by atoms with E-state index in [9.17, 15) is 4.39 Å². The monoisotopic (exact) mass is 245 g/mol. The molecule has 0 saturated carbocycles. The molecule has 0 aromatic heterocycles.